The minimum absolute atomic E-state index is 0.0207. The molecule has 18 nitrogen and oxygen atoms in total. The summed E-state index contributed by atoms with van der Waals surface area (Å²) in [7, 11) is 0. The second-order valence-corrected chi connectivity index (χ2v) is 33.7. The van der Waals surface area contributed by atoms with Gasteiger partial charge in [0.1, 0.15) is 18.1 Å². The van der Waals surface area contributed by atoms with Crippen LogP contribution in [0, 0.1) is 54.3 Å². The van der Waals surface area contributed by atoms with Crippen molar-refractivity contribution in [3.8, 4) is 28.5 Å². The summed E-state index contributed by atoms with van der Waals surface area (Å²) in [5.74, 6) is 1.84. The number of fused-ring (bicyclic) bond motifs is 4. The molecule has 0 aliphatic carbocycles. The van der Waals surface area contributed by atoms with Gasteiger partial charge in [0, 0.05) is 107 Å². The second-order valence-electron chi connectivity index (χ2n) is 33.3. The van der Waals surface area contributed by atoms with E-state index in [0.29, 0.717) is 72.8 Å². The molecule has 19 heteroatoms. The normalized spacial score (nSPS) is 14.7. The summed E-state index contributed by atoms with van der Waals surface area (Å²) in [5.41, 5.74) is 20.1. The van der Waals surface area contributed by atoms with E-state index in [1.54, 1.807) is 6.92 Å². The SMILES string of the molecule is CC(=O)COc1ccc2c(C(=O)CN3CCCCC3)c(C)n(-c3ccc(Cl)cc3)c2c1.[C-]#[N+]c1ccc(-n2c(C)c(C(=O)CN3CCCCC3)c3cc(C)ccc32)cc1.[C-]#[N+]c1ccc(-n2c(C)c(C(=O)CN3CCCCC3)c3ccc(C(C)C)cc32)cc1.[C-]#[N+]c1ccc(-n2c(C)c(C(=O)CN3CCCCC3)c3ccc(CCC(C)=O)cc32)cc1. The molecule has 8 heterocycles. The zero-order valence-corrected chi connectivity index (χ0v) is 72.2. The number of nitrogens with zero attached hydrogens (tertiary/aromatic N) is 11. The van der Waals surface area contributed by atoms with Crippen molar-refractivity contribution in [2.75, 3.05) is 85.1 Å². The van der Waals surface area contributed by atoms with Crippen LogP contribution in [0.15, 0.2) is 170 Å². The van der Waals surface area contributed by atoms with Crippen LogP contribution in [0.25, 0.3) is 80.9 Å². The van der Waals surface area contributed by atoms with E-state index in [2.05, 4.69) is 116 Å². The maximum absolute atomic E-state index is 13.5. The first kappa shape index (κ1) is 87.2. The molecule has 0 unspecified atom stereocenters. The summed E-state index contributed by atoms with van der Waals surface area (Å²) in [5, 5.41) is 4.54. The standard InChI is InChI=1S/C27H29N3O2.C26H29N3O.C25H27ClN2O3.C24H25N3O/c1-19(31)7-8-21-9-14-24-25(17-21)30(23-12-10-22(28-3)11-13-23)20(2)27(24)26(32)18-29-15-5-4-6-16-29;1-18(2)20-8-13-23-24(16-20)29(22-11-9-21(27-4)10-12-22)19(3)26(23)25(30)17-28-14-6-5-7-15-28;1-17(29)16-31-21-10-11-22-23(14-21)28(20-8-6-19(26)7-9-20)18(2)25(22)24(30)15-27-12-4-3-5-13-27;1-17-7-12-22-21(15-17)24(23(28)16-26-13-5-4-6-14-26)18(2)27(22)20-10-8-19(25-3)9-11-20/h9-14,17H,4-8,15-16,18H2,1-2H3;8-13,16,18H,5-7,14-15,17H2,1-3H3;6-11,14H,3-5,12-13,15-16H2,1-2H3;7-12,15H,4-6,13-14,16H2,1-2H3. The van der Waals surface area contributed by atoms with Crippen LogP contribution in [0.1, 0.15) is 198 Å². The molecule has 0 spiro atoms. The number of benzene rings is 8. The van der Waals surface area contributed by atoms with Crippen LogP contribution in [0.5, 0.6) is 5.75 Å². The van der Waals surface area contributed by atoms with Gasteiger partial charge in [-0.3, -0.25) is 43.6 Å². The Morgan fingerprint density at radius 1 is 0.372 bits per heavy atom. The Labute approximate surface area is 716 Å². The smallest absolute Gasteiger partial charge is 0.187 e. The largest absolute Gasteiger partial charge is 0.486 e. The van der Waals surface area contributed by atoms with Gasteiger partial charge in [0.15, 0.2) is 46.0 Å². The molecule has 8 aromatic carbocycles. The summed E-state index contributed by atoms with van der Waals surface area (Å²) >= 11 is 6.10. The average molecular weight is 1640 g/mol. The van der Waals surface area contributed by atoms with E-state index in [1.165, 1.54) is 63.9 Å². The number of ether oxygens (including phenoxy) is 1. The van der Waals surface area contributed by atoms with Gasteiger partial charge in [0.05, 0.1) is 68.0 Å². The molecule has 0 bridgehead atoms. The number of rotatable bonds is 23. The molecule has 16 rings (SSSR count). The minimum atomic E-state index is -0.0400. The van der Waals surface area contributed by atoms with E-state index in [1.807, 2.05) is 155 Å². The molecule has 0 saturated carbocycles. The van der Waals surface area contributed by atoms with Crippen LogP contribution in [0.3, 0.4) is 0 Å². The Hall–Kier alpha value is -11.7. The van der Waals surface area contributed by atoms with Crippen molar-refractivity contribution in [3.63, 3.8) is 0 Å². The molecule has 0 N–H and O–H groups in total. The highest BCUT2D eigenvalue weighted by Gasteiger charge is 2.30. The lowest BCUT2D eigenvalue weighted by Gasteiger charge is -2.25. The van der Waals surface area contributed by atoms with E-state index in [-0.39, 0.29) is 41.3 Å². The summed E-state index contributed by atoms with van der Waals surface area (Å²) in [6.45, 7) is 49.1. The Balaban J connectivity index is 0.000000139. The number of hydrogen-bond acceptors (Lipinski definition) is 11. The zero-order valence-electron chi connectivity index (χ0n) is 71.5. The number of halogens is 1. The minimum Gasteiger partial charge on any atom is -0.486 e. The molecule has 12 aromatic rings. The monoisotopic (exact) mass is 1640 g/mol. The quantitative estimate of drug-likeness (QED) is 0.0443. The Morgan fingerprint density at radius 2 is 0.711 bits per heavy atom. The van der Waals surface area contributed by atoms with Gasteiger partial charge in [-0.25, -0.2) is 14.5 Å². The summed E-state index contributed by atoms with van der Waals surface area (Å²) in [6, 6.07) is 54.9. The predicted octanol–water partition coefficient (Wildman–Crippen LogP) is 22.7. The van der Waals surface area contributed by atoms with Gasteiger partial charge in [-0.15, -0.1) is 0 Å². The van der Waals surface area contributed by atoms with Crippen LogP contribution < -0.4 is 4.74 Å². The third kappa shape index (κ3) is 20.5. The van der Waals surface area contributed by atoms with Gasteiger partial charge < -0.3 is 27.8 Å². The summed E-state index contributed by atoms with van der Waals surface area (Å²) < 4.78 is 14.1. The lowest BCUT2D eigenvalue weighted by Crippen LogP contribution is -2.34. The van der Waals surface area contributed by atoms with Crippen LogP contribution in [-0.2, 0) is 16.0 Å². The van der Waals surface area contributed by atoms with Crippen molar-refractivity contribution in [2.45, 2.75) is 158 Å². The highest BCUT2D eigenvalue weighted by atomic mass is 35.5. The number of Topliss-reactive ketones (excluding diaryl/α,β-unsaturated/α-hetero) is 6. The van der Waals surface area contributed by atoms with Crippen molar-refractivity contribution in [2.24, 2.45) is 0 Å². The number of aryl methyl sites for hydroxylation is 2. The Kier molecular flexibility index (Phi) is 28.9. The third-order valence-electron chi connectivity index (χ3n) is 24.1. The van der Waals surface area contributed by atoms with Gasteiger partial charge in [-0.05, 0) is 273 Å². The van der Waals surface area contributed by atoms with Crippen molar-refractivity contribution in [1.29, 1.82) is 0 Å². The van der Waals surface area contributed by atoms with E-state index in [9.17, 15) is 28.8 Å². The topological polar surface area (TPSA) is 157 Å². The fourth-order valence-electron chi connectivity index (χ4n) is 17.9. The van der Waals surface area contributed by atoms with Crippen LogP contribution >= 0.6 is 11.6 Å². The maximum Gasteiger partial charge on any atom is 0.187 e. The van der Waals surface area contributed by atoms with Gasteiger partial charge in [0.25, 0.3) is 0 Å². The van der Waals surface area contributed by atoms with E-state index in [0.717, 1.165) is 201 Å². The van der Waals surface area contributed by atoms with Crippen molar-refractivity contribution in [1.82, 2.24) is 37.9 Å². The first-order valence-electron chi connectivity index (χ1n) is 42.9. The highest BCUT2D eigenvalue weighted by Crippen LogP contribution is 2.39. The van der Waals surface area contributed by atoms with Gasteiger partial charge in [0.2, 0.25) is 0 Å². The van der Waals surface area contributed by atoms with Crippen molar-refractivity contribution < 1.29 is 33.5 Å². The number of piperidine rings is 4. The maximum atomic E-state index is 13.5. The number of aromatic nitrogens is 4. The van der Waals surface area contributed by atoms with Crippen molar-refractivity contribution in [3.05, 3.63) is 271 Å². The van der Waals surface area contributed by atoms with Gasteiger partial charge >= 0.3 is 0 Å². The predicted molar refractivity (Wildman–Crippen MR) is 488 cm³/mol. The third-order valence-corrected chi connectivity index (χ3v) is 24.3. The molecule has 4 aliphatic rings. The van der Waals surface area contributed by atoms with E-state index < -0.39 is 0 Å². The molecule has 0 atom stereocenters. The van der Waals surface area contributed by atoms with Gasteiger partial charge in [-0.2, -0.15) is 0 Å². The fraction of sp³-hybridized carbons (Fsp3) is 0.363. The lowest BCUT2D eigenvalue weighted by molar-refractivity contribution is -0.119. The van der Waals surface area contributed by atoms with Gasteiger partial charge in [-0.1, -0.05) is 123 Å². The number of carbonyl (C=O) groups is 6. The molecule has 4 saturated heterocycles. The number of ketones is 6. The summed E-state index contributed by atoms with van der Waals surface area (Å²) in [6.07, 6.45) is 15.5. The van der Waals surface area contributed by atoms with Crippen LogP contribution in [-0.4, -0.2) is 158 Å². The Bertz CT molecular complexity index is 5940. The first-order valence-corrected chi connectivity index (χ1v) is 43.3. The molecule has 4 aromatic heterocycles. The molecular formula is C102H110ClN11O7. The van der Waals surface area contributed by atoms with Crippen LogP contribution in [0.4, 0.5) is 17.1 Å². The fourth-order valence-corrected chi connectivity index (χ4v) is 18.0. The van der Waals surface area contributed by atoms with Crippen molar-refractivity contribution >= 4 is 107 Å². The lowest BCUT2D eigenvalue weighted by atomic mass is 9.99. The van der Waals surface area contributed by atoms with E-state index in [4.69, 9.17) is 36.1 Å². The second kappa shape index (κ2) is 40.1. The molecular weight excluding hydrogens is 1530 g/mol. The molecule has 4 aliphatic heterocycles. The molecule has 622 valence electrons. The molecule has 0 amide bonds. The molecule has 0 radical (unpaired) electrons. The number of carbonyl (C=O) groups excluding carboxylic acids is 6. The number of likely N-dealkylation sites (tertiary alicyclic amines) is 4. The zero-order chi connectivity index (χ0) is 85.5. The summed E-state index contributed by atoms with van der Waals surface area (Å²) in [4.78, 5) is 96.0. The highest BCUT2D eigenvalue weighted by molar-refractivity contribution is 6.30. The average Bonchev–Trinajstić information content (AvgIpc) is 1.62. The van der Waals surface area contributed by atoms with Crippen LogP contribution in [0.2, 0.25) is 5.02 Å². The number of hydrogen-bond donors (Lipinski definition) is 0. The Morgan fingerprint density at radius 3 is 1.07 bits per heavy atom. The molecule has 4 fully saturated rings. The first-order chi connectivity index (χ1) is 58.5. The van der Waals surface area contributed by atoms with E-state index >= 15 is 0 Å². The molecule has 121 heavy (non-hydrogen) atoms.